The Morgan fingerprint density at radius 2 is 2.00 bits per heavy atom. The zero-order valence-corrected chi connectivity index (χ0v) is 14.4. The Kier molecular flexibility index (Phi) is 6.16. The fourth-order valence-corrected chi connectivity index (χ4v) is 3.20. The molecule has 0 aromatic rings. The maximum absolute atomic E-state index is 12.1. The molecular weight excluding hydrogens is 327 g/mol. The molecular formula is C13H23N2O7P. The van der Waals surface area contributed by atoms with E-state index in [1.807, 2.05) is 0 Å². The van der Waals surface area contributed by atoms with Crippen LogP contribution < -0.4 is 5.32 Å². The van der Waals surface area contributed by atoms with Gasteiger partial charge in [-0.05, 0) is 6.42 Å². The predicted octanol–water partition coefficient (Wildman–Crippen LogP) is 0.504. The van der Waals surface area contributed by atoms with Crippen LogP contribution >= 0.6 is 7.60 Å². The van der Waals surface area contributed by atoms with Gasteiger partial charge >= 0.3 is 7.60 Å². The van der Waals surface area contributed by atoms with Crippen LogP contribution in [0.25, 0.3) is 0 Å². The average molecular weight is 350 g/mol. The smallest absolute Gasteiger partial charge is 0.347 e. The Balaban J connectivity index is 1.90. The Bertz CT molecular complexity index is 493. The van der Waals surface area contributed by atoms with Crippen molar-refractivity contribution in [2.45, 2.75) is 32.3 Å². The van der Waals surface area contributed by atoms with E-state index < -0.39 is 20.1 Å². The van der Waals surface area contributed by atoms with E-state index in [0.29, 0.717) is 19.4 Å². The summed E-state index contributed by atoms with van der Waals surface area (Å²) in [6.07, 6.45) is -0.123. The maximum Gasteiger partial charge on any atom is 0.355 e. The van der Waals surface area contributed by atoms with Gasteiger partial charge in [0.1, 0.15) is 6.23 Å². The minimum Gasteiger partial charge on any atom is -0.347 e. The zero-order valence-electron chi connectivity index (χ0n) is 13.5. The van der Waals surface area contributed by atoms with E-state index in [9.17, 15) is 14.2 Å². The summed E-state index contributed by atoms with van der Waals surface area (Å²) in [6.45, 7) is 2.03. The van der Waals surface area contributed by atoms with Crippen LogP contribution in [0.15, 0.2) is 0 Å². The van der Waals surface area contributed by atoms with E-state index in [2.05, 4.69) is 5.32 Å². The van der Waals surface area contributed by atoms with Gasteiger partial charge in [0.15, 0.2) is 12.6 Å². The highest BCUT2D eigenvalue weighted by molar-refractivity contribution is 7.53. The molecule has 1 unspecified atom stereocenters. The molecule has 0 saturated carbocycles. The van der Waals surface area contributed by atoms with Crippen molar-refractivity contribution in [2.24, 2.45) is 5.92 Å². The summed E-state index contributed by atoms with van der Waals surface area (Å²) >= 11 is 0. The van der Waals surface area contributed by atoms with E-state index in [-0.39, 0.29) is 30.6 Å². The normalized spacial score (nSPS) is 29.5. The topological polar surface area (TPSA) is 103 Å². The summed E-state index contributed by atoms with van der Waals surface area (Å²) in [5.41, 5.74) is 0. The molecule has 132 valence electrons. The number of hydrogen-bond acceptors (Lipinski definition) is 7. The van der Waals surface area contributed by atoms with Gasteiger partial charge in [-0.1, -0.05) is 6.92 Å². The SMILES string of the molecule is COP(=O)(CO[C@@H]1CC[C@H](N2CC(C)C(=O)NCC2=O)O1)OC. The van der Waals surface area contributed by atoms with Crippen LogP contribution in [0.5, 0.6) is 0 Å². The molecule has 23 heavy (non-hydrogen) atoms. The van der Waals surface area contributed by atoms with Gasteiger partial charge in [-0.25, -0.2) is 0 Å². The van der Waals surface area contributed by atoms with Crippen molar-refractivity contribution in [1.29, 1.82) is 0 Å². The lowest BCUT2D eigenvalue weighted by molar-refractivity contribution is -0.171. The second kappa shape index (κ2) is 7.72. The van der Waals surface area contributed by atoms with Gasteiger partial charge in [0.25, 0.3) is 0 Å². The minimum absolute atomic E-state index is 0.0306. The lowest BCUT2D eigenvalue weighted by atomic mass is 10.1. The van der Waals surface area contributed by atoms with Crippen LogP contribution in [0, 0.1) is 5.92 Å². The summed E-state index contributed by atoms with van der Waals surface area (Å²) < 4.78 is 32.7. The summed E-state index contributed by atoms with van der Waals surface area (Å²) in [4.78, 5) is 25.3. The summed E-state index contributed by atoms with van der Waals surface area (Å²) in [6, 6.07) is 0. The molecule has 2 aliphatic heterocycles. The lowest BCUT2D eigenvalue weighted by Gasteiger charge is -2.28. The molecule has 2 amide bonds. The third-order valence-corrected chi connectivity index (χ3v) is 5.51. The van der Waals surface area contributed by atoms with Gasteiger partial charge in [-0.2, -0.15) is 0 Å². The van der Waals surface area contributed by atoms with Gasteiger partial charge in [0, 0.05) is 27.2 Å². The van der Waals surface area contributed by atoms with Crippen LogP contribution in [0.2, 0.25) is 0 Å². The van der Waals surface area contributed by atoms with Crippen molar-refractivity contribution >= 4 is 19.4 Å². The molecule has 0 aliphatic carbocycles. The van der Waals surface area contributed by atoms with Crippen LogP contribution in [0.3, 0.4) is 0 Å². The quantitative estimate of drug-likeness (QED) is 0.696. The van der Waals surface area contributed by atoms with E-state index >= 15 is 0 Å². The Labute approximate surface area is 135 Å². The van der Waals surface area contributed by atoms with Gasteiger partial charge in [0.2, 0.25) is 11.8 Å². The lowest BCUT2D eigenvalue weighted by Crippen LogP contribution is -2.43. The molecule has 2 heterocycles. The van der Waals surface area contributed by atoms with Gasteiger partial charge < -0.3 is 28.7 Å². The van der Waals surface area contributed by atoms with Gasteiger partial charge in [-0.15, -0.1) is 0 Å². The largest absolute Gasteiger partial charge is 0.355 e. The van der Waals surface area contributed by atoms with Crippen molar-refractivity contribution in [3.8, 4) is 0 Å². The second-order valence-corrected chi connectivity index (χ2v) is 7.74. The minimum atomic E-state index is -3.26. The highest BCUT2D eigenvalue weighted by Gasteiger charge is 2.37. The number of amides is 2. The van der Waals surface area contributed by atoms with E-state index in [4.69, 9.17) is 18.5 Å². The summed E-state index contributed by atoms with van der Waals surface area (Å²) in [5.74, 6) is -0.632. The highest BCUT2D eigenvalue weighted by atomic mass is 31.2. The number of nitrogens with zero attached hydrogens (tertiary/aromatic N) is 1. The fraction of sp³-hybridized carbons (Fsp3) is 0.846. The molecule has 2 fully saturated rings. The number of nitrogens with one attached hydrogen (secondary N) is 1. The van der Waals surface area contributed by atoms with Crippen molar-refractivity contribution in [3.05, 3.63) is 0 Å². The zero-order chi connectivity index (χ0) is 17.0. The van der Waals surface area contributed by atoms with Crippen molar-refractivity contribution in [1.82, 2.24) is 10.2 Å². The molecule has 10 heteroatoms. The molecule has 0 aromatic carbocycles. The molecule has 0 aromatic heterocycles. The first-order chi connectivity index (χ1) is 10.9. The van der Waals surface area contributed by atoms with Crippen LogP contribution in [0.1, 0.15) is 19.8 Å². The number of rotatable bonds is 6. The number of hydrogen-bond donors (Lipinski definition) is 1. The maximum atomic E-state index is 12.1. The fourth-order valence-electron chi connectivity index (χ4n) is 2.49. The van der Waals surface area contributed by atoms with Crippen molar-refractivity contribution in [3.63, 3.8) is 0 Å². The van der Waals surface area contributed by atoms with Crippen LogP contribution in [0.4, 0.5) is 0 Å². The number of ether oxygens (including phenoxy) is 2. The number of carbonyl (C=O) groups is 2. The van der Waals surface area contributed by atoms with E-state index in [1.54, 1.807) is 11.8 Å². The van der Waals surface area contributed by atoms with Crippen molar-refractivity contribution in [2.75, 3.05) is 33.7 Å². The van der Waals surface area contributed by atoms with Crippen molar-refractivity contribution < 1.29 is 32.7 Å². The molecule has 0 bridgehead atoms. The van der Waals surface area contributed by atoms with Crippen LogP contribution in [-0.4, -0.2) is 62.9 Å². The highest BCUT2D eigenvalue weighted by Crippen LogP contribution is 2.46. The first-order valence-corrected chi connectivity index (χ1v) is 9.16. The molecule has 2 aliphatic rings. The molecule has 2 rings (SSSR count). The monoisotopic (exact) mass is 350 g/mol. The summed E-state index contributed by atoms with van der Waals surface area (Å²) in [7, 11) is -0.690. The molecule has 1 N–H and O–H groups in total. The Morgan fingerprint density at radius 1 is 1.30 bits per heavy atom. The van der Waals surface area contributed by atoms with E-state index in [1.165, 1.54) is 14.2 Å². The first-order valence-electron chi connectivity index (χ1n) is 7.43. The molecule has 2 saturated heterocycles. The van der Waals surface area contributed by atoms with E-state index in [0.717, 1.165) is 0 Å². The molecule has 0 spiro atoms. The third kappa shape index (κ3) is 4.51. The summed E-state index contributed by atoms with van der Waals surface area (Å²) in [5, 5.41) is 2.58. The average Bonchev–Trinajstić information content (AvgIpc) is 2.98. The van der Waals surface area contributed by atoms with Gasteiger partial charge in [-0.3, -0.25) is 14.2 Å². The van der Waals surface area contributed by atoms with Crippen LogP contribution in [-0.2, 0) is 32.7 Å². The second-order valence-electron chi connectivity index (χ2n) is 5.53. The van der Waals surface area contributed by atoms with Gasteiger partial charge in [0.05, 0.1) is 12.5 Å². The third-order valence-electron chi connectivity index (χ3n) is 3.93. The molecule has 0 radical (unpaired) electrons. The first kappa shape index (κ1) is 18.4. The number of carbonyl (C=O) groups excluding carboxylic acids is 2. The standard InChI is InChI=1S/C13H23N2O7P/c1-9-7-15(10(16)6-14-13(9)17)11-4-5-12(22-11)21-8-23(18,19-2)20-3/h9,11-12H,4-8H2,1-3H3,(H,14,17)/t9?,11-,12+/m1/s1. The molecule has 3 atom stereocenters. The Hall–Kier alpha value is -0.990. The predicted molar refractivity (Wildman–Crippen MR) is 79.4 cm³/mol. The Morgan fingerprint density at radius 3 is 2.65 bits per heavy atom. The molecule has 9 nitrogen and oxygen atoms in total.